The van der Waals surface area contributed by atoms with Crippen molar-refractivity contribution in [3.8, 4) is 0 Å². The molecule has 1 aliphatic heterocycles. The minimum absolute atomic E-state index is 0.0411. The summed E-state index contributed by atoms with van der Waals surface area (Å²) in [5.41, 5.74) is 2.48. The van der Waals surface area contributed by atoms with Crippen molar-refractivity contribution < 1.29 is 28.3 Å². The van der Waals surface area contributed by atoms with Crippen LogP contribution < -0.4 is 10.6 Å². The van der Waals surface area contributed by atoms with Gasteiger partial charge < -0.3 is 25.5 Å². The largest absolute Gasteiger partial charge is 0.390 e. The lowest BCUT2D eigenvalue weighted by Crippen LogP contribution is -2.59. The highest BCUT2D eigenvalue weighted by Gasteiger charge is 2.36. The number of benzene rings is 2. The second-order valence-electron chi connectivity index (χ2n) is 9.48. The lowest BCUT2D eigenvalue weighted by Gasteiger charge is -2.36. The van der Waals surface area contributed by atoms with E-state index in [0.717, 1.165) is 35.1 Å². The molecule has 200 valence electrons. The van der Waals surface area contributed by atoms with Crippen LogP contribution in [0.15, 0.2) is 42.5 Å². The maximum absolute atomic E-state index is 13.8. The van der Waals surface area contributed by atoms with Crippen molar-refractivity contribution in [2.24, 2.45) is 0 Å². The molecule has 0 spiro atoms. The standard InChI is InChI=1S/C27H34F2N4O4/c1-4-18-6-5-7-19(8-18)13-30-14-24(34)23(11-20-9-21(28)12-22(29)10-20)31-25(35)16-33-15-17(2)32(3)26(36)27(33)37/h5-10,12,17,23-24,30,34H,4,11,13-16H2,1-3H3,(H,31,35)/t17-,23+,24-/m1/s1. The molecule has 1 saturated heterocycles. The Morgan fingerprint density at radius 1 is 1.08 bits per heavy atom. The zero-order chi connectivity index (χ0) is 27.1. The third-order valence-corrected chi connectivity index (χ3v) is 6.54. The van der Waals surface area contributed by atoms with Crippen molar-refractivity contribution in [2.45, 2.75) is 51.4 Å². The molecule has 3 atom stereocenters. The van der Waals surface area contributed by atoms with E-state index in [1.165, 1.54) is 17.5 Å². The predicted molar refractivity (Wildman–Crippen MR) is 134 cm³/mol. The molecule has 1 heterocycles. The Hall–Kier alpha value is -3.37. The molecule has 0 bridgehead atoms. The molecule has 2 aromatic rings. The number of piperazine rings is 1. The Kier molecular flexibility index (Phi) is 9.71. The van der Waals surface area contributed by atoms with E-state index in [2.05, 4.69) is 23.6 Å². The van der Waals surface area contributed by atoms with E-state index in [0.29, 0.717) is 6.54 Å². The zero-order valence-corrected chi connectivity index (χ0v) is 21.3. The van der Waals surface area contributed by atoms with Crippen LogP contribution in [0.25, 0.3) is 0 Å². The quantitative estimate of drug-likeness (QED) is 0.392. The number of hydrogen-bond acceptors (Lipinski definition) is 5. The van der Waals surface area contributed by atoms with Crippen LogP contribution in [-0.4, -0.2) is 77.5 Å². The minimum Gasteiger partial charge on any atom is -0.390 e. The summed E-state index contributed by atoms with van der Waals surface area (Å²) in [4.78, 5) is 39.8. The molecule has 8 nitrogen and oxygen atoms in total. The smallest absolute Gasteiger partial charge is 0.312 e. The number of hydrogen-bond donors (Lipinski definition) is 3. The van der Waals surface area contributed by atoms with Gasteiger partial charge in [-0.05, 0) is 48.6 Å². The number of aryl methyl sites for hydroxylation is 1. The first-order valence-electron chi connectivity index (χ1n) is 12.3. The first kappa shape index (κ1) is 28.2. The fourth-order valence-electron chi connectivity index (χ4n) is 4.30. The van der Waals surface area contributed by atoms with Gasteiger partial charge in [0.2, 0.25) is 5.91 Å². The predicted octanol–water partition coefficient (Wildman–Crippen LogP) is 1.39. The Morgan fingerprint density at radius 2 is 1.76 bits per heavy atom. The van der Waals surface area contributed by atoms with Crippen molar-refractivity contribution in [3.05, 3.63) is 70.8 Å². The van der Waals surface area contributed by atoms with Crippen molar-refractivity contribution >= 4 is 17.7 Å². The number of aliphatic hydroxyl groups excluding tert-OH is 1. The number of carbonyl (C=O) groups is 3. The number of nitrogens with one attached hydrogen (secondary N) is 2. The van der Waals surface area contributed by atoms with Crippen LogP contribution >= 0.6 is 0 Å². The molecule has 10 heteroatoms. The lowest BCUT2D eigenvalue weighted by atomic mass is 10.0. The molecule has 3 rings (SSSR count). The summed E-state index contributed by atoms with van der Waals surface area (Å²) in [5, 5.41) is 16.8. The van der Waals surface area contributed by atoms with Crippen LogP contribution in [-0.2, 0) is 33.8 Å². The van der Waals surface area contributed by atoms with Gasteiger partial charge in [0, 0.05) is 38.8 Å². The van der Waals surface area contributed by atoms with E-state index in [1.54, 1.807) is 6.92 Å². The maximum Gasteiger partial charge on any atom is 0.312 e. The summed E-state index contributed by atoms with van der Waals surface area (Å²) >= 11 is 0. The molecular formula is C27H34F2N4O4. The van der Waals surface area contributed by atoms with Gasteiger partial charge in [0.05, 0.1) is 12.1 Å². The number of nitrogens with zero attached hydrogens (tertiary/aromatic N) is 2. The van der Waals surface area contributed by atoms with Crippen LogP contribution in [0.5, 0.6) is 0 Å². The molecule has 0 radical (unpaired) electrons. The van der Waals surface area contributed by atoms with Crippen LogP contribution in [0.4, 0.5) is 8.78 Å². The highest BCUT2D eigenvalue weighted by atomic mass is 19.1. The van der Waals surface area contributed by atoms with Crippen molar-refractivity contribution in [2.75, 3.05) is 26.7 Å². The Balaban J connectivity index is 1.67. The van der Waals surface area contributed by atoms with Crippen LogP contribution in [0.1, 0.15) is 30.5 Å². The van der Waals surface area contributed by atoms with E-state index in [1.807, 2.05) is 18.2 Å². The van der Waals surface area contributed by atoms with Gasteiger partial charge in [-0.25, -0.2) is 8.78 Å². The second kappa shape index (κ2) is 12.7. The van der Waals surface area contributed by atoms with Gasteiger partial charge in [0.15, 0.2) is 0 Å². The number of amides is 3. The minimum atomic E-state index is -1.10. The molecule has 37 heavy (non-hydrogen) atoms. The van der Waals surface area contributed by atoms with Crippen LogP contribution in [0.3, 0.4) is 0 Å². The van der Waals surface area contributed by atoms with Gasteiger partial charge in [-0.1, -0.05) is 31.2 Å². The third-order valence-electron chi connectivity index (χ3n) is 6.54. The average molecular weight is 517 g/mol. The van der Waals surface area contributed by atoms with Crippen molar-refractivity contribution in [1.29, 1.82) is 0 Å². The summed E-state index contributed by atoms with van der Waals surface area (Å²) in [7, 11) is 1.53. The topological polar surface area (TPSA) is 102 Å². The molecule has 0 aliphatic carbocycles. The summed E-state index contributed by atoms with van der Waals surface area (Å²) in [6, 6.07) is 9.87. The highest BCUT2D eigenvalue weighted by molar-refractivity contribution is 6.35. The number of likely N-dealkylation sites (N-methyl/N-ethyl adjacent to an activating group) is 1. The molecule has 0 saturated carbocycles. The Morgan fingerprint density at radius 3 is 2.43 bits per heavy atom. The number of aliphatic hydroxyl groups is 1. The monoisotopic (exact) mass is 516 g/mol. The number of halogens is 2. The van der Waals surface area contributed by atoms with E-state index >= 15 is 0 Å². The van der Waals surface area contributed by atoms with Gasteiger partial charge >= 0.3 is 11.8 Å². The zero-order valence-electron chi connectivity index (χ0n) is 21.3. The summed E-state index contributed by atoms with van der Waals surface area (Å²) in [5.74, 6) is -3.60. The van der Waals surface area contributed by atoms with Gasteiger partial charge in [0.25, 0.3) is 0 Å². The molecule has 1 aliphatic rings. The molecule has 0 aromatic heterocycles. The van der Waals surface area contributed by atoms with Gasteiger partial charge in [-0.3, -0.25) is 14.4 Å². The Bertz CT molecular complexity index is 1110. The van der Waals surface area contributed by atoms with E-state index in [9.17, 15) is 28.3 Å². The molecule has 3 amide bonds. The fraction of sp³-hybridized carbons (Fsp3) is 0.444. The summed E-state index contributed by atoms with van der Waals surface area (Å²) < 4.78 is 27.5. The van der Waals surface area contributed by atoms with Crippen LogP contribution in [0.2, 0.25) is 0 Å². The second-order valence-corrected chi connectivity index (χ2v) is 9.48. The molecule has 2 aromatic carbocycles. The molecule has 0 unspecified atom stereocenters. The van der Waals surface area contributed by atoms with E-state index < -0.39 is 41.5 Å². The SMILES string of the molecule is CCc1cccc(CNC[C@@H](O)[C@H](Cc2cc(F)cc(F)c2)NC(=O)CN2C[C@@H](C)N(C)C(=O)C2=O)c1. The van der Waals surface area contributed by atoms with Gasteiger partial charge in [-0.15, -0.1) is 0 Å². The van der Waals surface area contributed by atoms with Gasteiger partial charge in [-0.2, -0.15) is 0 Å². The third kappa shape index (κ3) is 7.80. The fourth-order valence-corrected chi connectivity index (χ4v) is 4.30. The van der Waals surface area contributed by atoms with Crippen molar-refractivity contribution in [1.82, 2.24) is 20.4 Å². The van der Waals surface area contributed by atoms with Crippen molar-refractivity contribution in [3.63, 3.8) is 0 Å². The first-order chi connectivity index (χ1) is 17.6. The normalized spacial score (nSPS) is 17.6. The van der Waals surface area contributed by atoms with Crippen LogP contribution in [0, 0.1) is 11.6 Å². The van der Waals surface area contributed by atoms with E-state index in [4.69, 9.17) is 0 Å². The lowest BCUT2D eigenvalue weighted by molar-refractivity contribution is -0.158. The maximum atomic E-state index is 13.8. The Labute approximate surface area is 215 Å². The molecule has 1 fully saturated rings. The summed E-state index contributed by atoms with van der Waals surface area (Å²) in [6.07, 6.45) is -0.247. The molecule has 3 N–H and O–H groups in total. The first-order valence-corrected chi connectivity index (χ1v) is 12.3. The van der Waals surface area contributed by atoms with E-state index in [-0.39, 0.29) is 37.7 Å². The molecular weight excluding hydrogens is 482 g/mol. The van der Waals surface area contributed by atoms with Gasteiger partial charge in [0.1, 0.15) is 18.2 Å². The number of rotatable bonds is 11. The summed E-state index contributed by atoms with van der Waals surface area (Å²) in [6.45, 7) is 4.22. The highest BCUT2D eigenvalue weighted by Crippen LogP contribution is 2.13. The number of carbonyl (C=O) groups excluding carboxylic acids is 3. The average Bonchev–Trinajstić information content (AvgIpc) is 2.85.